The second-order valence-corrected chi connectivity index (χ2v) is 7.58. The highest BCUT2D eigenvalue weighted by Gasteiger charge is 2.28. The highest BCUT2D eigenvalue weighted by Crippen LogP contribution is 2.26. The third kappa shape index (κ3) is 3.47. The molecule has 1 aromatic heterocycles. The van der Waals surface area contributed by atoms with Crippen LogP contribution in [-0.4, -0.2) is 34.2 Å². The first kappa shape index (κ1) is 18.1. The number of ketones is 1. The fourth-order valence-electron chi connectivity index (χ4n) is 3.57. The Kier molecular flexibility index (Phi) is 4.94. The van der Waals surface area contributed by atoms with Crippen LogP contribution in [0.25, 0.3) is 10.9 Å². The van der Waals surface area contributed by atoms with Crippen LogP contribution in [0.1, 0.15) is 28.8 Å². The number of hydrogen-bond donors (Lipinski definition) is 0. The summed E-state index contributed by atoms with van der Waals surface area (Å²) < 4.78 is 1.97. The van der Waals surface area contributed by atoms with Crippen LogP contribution in [0.4, 0.5) is 0 Å². The van der Waals surface area contributed by atoms with Crippen molar-refractivity contribution in [2.24, 2.45) is 0 Å². The molecule has 0 atom stereocenters. The minimum Gasteiger partial charge on any atom is -0.342 e. The molecule has 6 heteroatoms. The van der Waals surface area contributed by atoms with Gasteiger partial charge in [0.05, 0.1) is 15.6 Å². The summed E-state index contributed by atoms with van der Waals surface area (Å²) in [4.78, 5) is 27.1. The van der Waals surface area contributed by atoms with E-state index in [4.69, 9.17) is 23.2 Å². The number of para-hydroxylation sites is 1. The molecule has 1 amide bonds. The van der Waals surface area contributed by atoms with Crippen LogP contribution < -0.4 is 0 Å². The predicted octanol–water partition coefficient (Wildman–Crippen LogP) is 4.80. The lowest BCUT2D eigenvalue weighted by molar-refractivity contribution is -0.125. The Bertz CT molecular complexity index is 1040. The zero-order valence-electron chi connectivity index (χ0n) is 14.6. The highest BCUT2D eigenvalue weighted by molar-refractivity contribution is 6.45. The number of halogens is 2. The van der Waals surface area contributed by atoms with E-state index in [0.717, 1.165) is 29.3 Å². The van der Waals surface area contributed by atoms with Gasteiger partial charge in [0, 0.05) is 36.7 Å². The van der Waals surface area contributed by atoms with Gasteiger partial charge in [0.2, 0.25) is 0 Å². The second-order valence-electron chi connectivity index (χ2n) is 6.76. The normalized spacial score (nSPS) is 14.1. The third-order valence-corrected chi connectivity index (χ3v) is 5.70. The lowest BCUT2D eigenvalue weighted by atomic mass is 10.1. The maximum atomic E-state index is 12.9. The average Bonchev–Trinajstić information content (AvgIpc) is 3.32. The summed E-state index contributed by atoms with van der Waals surface area (Å²) in [5.74, 6) is -0.856. The van der Waals surface area contributed by atoms with E-state index in [2.05, 4.69) is 0 Å². The second kappa shape index (κ2) is 7.37. The van der Waals surface area contributed by atoms with Crippen molar-refractivity contribution < 1.29 is 9.59 Å². The number of hydrogen-bond acceptors (Lipinski definition) is 2. The van der Waals surface area contributed by atoms with Crippen LogP contribution >= 0.6 is 23.2 Å². The lowest BCUT2D eigenvalue weighted by Crippen LogP contribution is -2.34. The molecule has 0 spiro atoms. The smallest absolute Gasteiger partial charge is 0.295 e. The number of nitrogens with zero attached hydrogens (tertiary/aromatic N) is 2. The Morgan fingerprint density at radius 3 is 2.44 bits per heavy atom. The summed E-state index contributed by atoms with van der Waals surface area (Å²) >= 11 is 12.1. The van der Waals surface area contributed by atoms with Gasteiger partial charge in [-0.25, -0.2) is 0 Å². The third-order valence-electron chi connectivity index (χ3n) is 4.96. The molecule has 3 aromatic rings. The van der Waals surface area contributed by atoms with Crippen LogP contribution in [0, 0.1) is 0 Å². The Morgan fingerprint density at radius 1 is 0.963 bits per heavy atom. The van der Waals surface area contributed by atoms with Gasteiger partial charge >= 0.3 is 0 Å². The summed E-state index contributed by atoms with van der Waals surface area (Å²) in [6.45, 7) is 1.85. The standard InChI is InChI=1S/C21H18Cl2N2O2/c22-17-8-7-14(11-18(17)23)12-25-13-16(15-5-1-2-6-19(15)25)20(26)21(27)24-9-3-4-10-24/h1-2,5-8,11,13H,3-4,9-10,12H2. The molecule has 0 aliphatic carbocycles. The molecule has 0 unspecified atom stereocenters. The number of carbonyl (C=O) groups excluding carboxylic acids is 2. The van der Waals surface area contributed by atoms with Crippen LogP contribution in [0.2, 0.25) is 10.0 Å². The Morgan fingerprint density at radius 2 is 1.70 bits per heavy atom. The maximum Gasteiger partial charge on any atom is 0.295 e. The van der Waals surface area contributed by atoms with Gasteiger partial charge in [-0.15, -0.1) is 0 Å². The molecule has 2 heterocycles. The van der Waals surface area contributed by atoms with Gasteiger partial charge < -0.3 is 9.47 Å². The van der Waals surface area contributed by atoms with Crippen molar-refractivity contribution >= 4 is 45.8 Å². The zero-order valence-corrected chi connectivity index (χ0v) is 16.1. The van der Waals surface area contributed by atoms with Gasteiger partial charge in [0.1, 0.15) is 0 Å². The van der Waals surface area contributed by atoms with E-state index in [9.17, 15) is 9.59 Å². The number of fused-ring (bicyclic) bond motifs is 1. The van der Waals surface area contributed by atoms with E-state index in [-0.39, 0.29) is 0 Å². The number of benzene rings is 2. The Labute approximate surface area is 167 Å². The summed E-state index contributed by atoms with van der Waals surface area (Å²) in [6, 6.07) is 13.1. The van der Waals surface area contributed by atoms with Crippen molar-refractivity contribution in [3.8, 4) is 0 Å². The van der Waals surface area contributed by atoms with Crippen molar-refractivity contribution in [2.45, 2.75) is 19.4 Å². The molecule has 1 saturated heterocycles. The topological polar surface area (TPSA) is 42.3 Å². The first-order valence-electron chi connectivity index (χ1n) is 8.90. The number of aromatic nitrogens is 1. The largest absolute Gasteiger partial charge is 0.342 e. The highest BCUT2D eigenvalue weighted by atomic mass is 35.5. The molecule has 1 aliphatic heterocycles. The molecule has 0 radical (unpaired) electrons. The molecule has 0 saturated carbocycles. The number of carbonyl (C=O) groups is 2. The fraction of sp³-hybridized carbons (Fsp3) is 0.238. The number of amides is 1. The van der Waals surface area contributed by atoms with E-state index in [0.29, 0.717) is 35.2 Å². The Balaban J connectivity index is 1.71. The molecule has 2 aromatic carbocycles. The van der Waals surface area contributed by atoms with Crippen molar-refractivity contribution in [3.05, 3.63) is 69.8 Å². The van der Waals surface area contributed by atoms with E-state index >= 15 is 0 Å². The zero-order chi connectivity index (χ0) is 19.0. The van der Waals surface area contributed by atoms with Crippen molar-refractivity contribution in [2.75, 3.05) is 13.1 Å². The van der Waals surface area contributed by atoms with Gasteiger partial charge in [-0.3, -0.25) is 9.59 Å². The van der Waals surface area contributed by atoms with Crippen molar-refractivity contribution in [1.82, 2.24) is 9.47 Å². The van der Waals surface area contributed by atoms with Gasteiger partial charge in [0.25, 0.3) is 11.7 Å². The Hall–Kier alpha value is -2.30. The minimum atomic E-state index is -0.444. The summed E-state index contributed by atoms with van der Waals surface area (Å²) in [6.07, 6.45) is 3.68. The predicted molar refractivity (Wildman–Crippen MR) is 108 cm³/mol. The summed E-state index contributed by atoms with van der Waals surface area (Å²) in [7, 11) is 0. The lowest BCUT2D eigenvalue weighted by Gasteiger charge is -2.13. The maximum absolute atomic E-state index is 12.9. The number of Topliss-reactive ketones (excluding diaryl/α,β-unsaturated/α-hetero) is 1. The van der Waals surface area contributed by atoms with E-state index in [1.165, 1.54) is 0 Å². The van der Waals surface area contributed by atoms with Crippen LogP contribution in [-0.2, 0) is 11.3 Å². The first-order valence-corrected chi connectivity index (χ1v) is 9.65. The fourth-order valence-corrected chi connectivity index (χ4v) is 3.89. The molecule has 4 rings (SSSR count). The molecule has 138 valence electrons. The van der Waals surface area contributed by atoms with E-state index < -0.39 is 11.7 Å². The van der Waals surface area contributed by atoms with Crippen LogP contribution in [0.3, 0.4) is 0 Å². The molecular formula is C21H18Cl2N2O2. The van der Waals surface area contributed by atoms with Crippen molar-refractivity contribution in [1.29, 1.82) is 0 Å². The molecular weight excluding hydrogens is 383 g/mol. The van der Waals surface area contributed by atoms with Gasteiger partial charge in [-0.1, -0.05) is 47.5 Å². The van der Waals surface area contributed by atoms with E-state index in [1.54, 1.807) is 17.2 Å². The minimum absolute atomic E-state index is 0.412. The van der Waals surface area contributed by atoms with E-state index in [1.807, 2.05) is 41.0 Å². The molecule has 0 N–H and O–H groups in total. The first-order chi connectivity index (χ1) is 13.0. The van der Waals surface area contributed by atoms with Gasteiger partial charge in [0.15, 0.2) is 0 Å². The molecule has 0 bridgehead atoms. The van der Waals surface area contributed by atoms with Crippen LogP contribution in [0.5, 0.6) is 0 Å². The average molecular weight is 401 g/mol. The summed E-state index contributed by atoms with van der Waals surface area (Å²) in [5.41, 5.74) is 2.32. The molecule has 1 aliphatic rings. The monoisotopic (exact) mass is 400 g/mol. The summed E-state index contributed by atoms with van der Waals surface area (Å²) in [5, 5.41) is 1.78. The van der Waals surface area contributed by atoms with Gasteiger partial charge in [-0.2, -0.15) is 0 Å². The van der Waals surface area contributed by atoms with Crippen LogP contribution in [0.15, 0.2) is 48.7 Å². The SMILES string of the molecule is O=C(C(=O)N1CCCC1)c1cn(Cc2ccc(Cl)c(Cl)c2)c2ccccc12. The number of likely N-dealkylation sites (tertiary alicyclic amines) is 1. The molecule has 4 nitrogen and oxygen atoms in total. The van der Waals surface area contributed by atoms with Gasteiger partial charge in [-0.05, 0) is 36.6 Å². The number of rotatable bonds is 4. The quantitative estimate of drug-likeness (QED) is 0.466. The molecule has 1 fully saturated rings. The molecule has 27 heavy (non-hydrogen) atoms. The van der Waals surface area contributed by atoms with Crippen molar-refractivity contribution in [3.63, 3.8) is 0 Å².